The number of methoxy groups -OCH3 is 1. The third kappa shape index (κ3) is 11.9. The van der Waals surface area contributed by atoms with Crippen LogP contribution in [-0.2, 0) is 9.57 Å². The van der Waals surface area contributed by atoms with E-state index < -0.39 is 0 Å². The second-order valence-corrected chi connectivity index (χ2v) is 3.15. The van der Waals surface area contributed by atoms with E-state index in [1.807, 2.05) is 0 Å². The van der Waals surface area contributed by atoms with Crippen molar-refractivity contribution in [2.24, 2.45) is 0 Å². The van der Waals surface area contributed by atoms with E-state index in [1.165, 1.54) is 32.1 Å². The summed E-state index contributed by atoms with van der Waals surface area (Å²) in [5.74, 6) is 0. The fourth-order valence-corrected chi connectivity index (χ4v) is 1.07. The van der Waals surface area contributed by atoms with E-state index in [1.54, 1.807) is 7.11 Å². The van der Waals surface area contributed by atoms with Crippen LogP contribution in [0.25, 0.3) is 0 Å². The number of ether oxygens (including phenoxy) is 1. The van der Waals surface area contributed by atoms with Gasteiger partial charge in [-0.1, -0.05) is 32.6 Å². The number of hydrogen-bond acceptors (Lipinski definition) is 3. The largest absolute Gasteiger partial charge is 0.382 e. The average Bonchev–Trinajstić information content (AvgIpc) is 2.16. The number of unbranched alkanes of at least 4 members (excludes halogenated alkanes) is 4. The van der Waals surface area contributed by atoms with Crippen molar-refractivity contribution >= 4 is 0 Å². The minimum absolute atomic E-state index is 0.630. The SMILES string of the molecule is CCCCCCCNOCCOC. The van der Waals surface area contributed by atoms with Gasteiger partial charge in [0.05, 0.1) is 13.2 Å². The van der Waals surface area contributed by atoms with Crippen LogP contribution in [0.1, 0.15) is 39.0 Å². The minimum Gasteiger partial charge on any atom is -0.382 e. The summed E-state index contributed by atoms with van der Waals surface area (Å²) in [6, 6.07) is 0. The molecular weight excluding hydrogens is 166 g/mol. The van der Waals surface area contributed by atoms with Crippen molar-refractivity contribution in [3.63, 3.8) is 0 Å². The van der Waals surface area contributed by atoms with Gasteiger partial charge in [-0.15, -0.1) is 0 Å². The summed E-state index contributed by atoms with van der Waals surface area (Å²) in [6.45, 7) is 4.47. The second-order valence-electron chi connectivity index (χ2n) is 3.15. The van der Waals surface area contributed by atoms with E-state index in [0.29, 0.717) is 13.2 Å². The highest BCUT2D eigenvalue weighted by molar-refractivity contribution is 4.42. The standard InChI is InChI=1S/C10H23NO2/c1-3-4-5-6-7-8-11-13-10-9-12-2/h11H,3-10H2,1-2H3. The predicted molar refractivity (Wildman–Crippen MR) is 54.6 cm³/mol. The lowest BCUT2D eigenvalue weighted by Gasteiger charge is -2.04. The fourth-order valence-electron chi connectivity index (χ4n) is 1.07. The van der Waals surface area contributed by atoms with Crippen molar-refractivity contribution in [1.82, 2.24) is 5.48 Å². The Morgan fingerprint density at radius 1 is 1.00 bits per heavy atom. The molecule has 0 atom stereocenters. The van der Waals surface area contributed by atoms with Crippen molar-refractivity contribution in [3.05, 3.63) is 0 Å². The molecule has 80 valence electrons. The second kappa shape index (κ2) is 11.9. The molecule has 0 bridgehead atoms. The number of hydrogen-bond donors (Lipinski definition) is 1. The lowest BCUT2D eigenvalue weighted by Crippen LogP contribution is -2.18. The van der Waals surface area contributed by atoms with Crippen LogP contribution in [0.4, 0.5) is 0 Å². The average molecular weight is 189 g/mol. The molecule has 0 radical (unpaired) electrons. The highest BCUT2D eigenvalue weighted by atomic mass is 16.7. The van der Waals surface area contributed by atoms with E-state index in [2.05, 4.69) is 12.4 Å². The first-order valence-corrected chi connectivity index (χ1v) is 5.25. The maximum Gasteiger partial charge on any atom is 0.0915 e. The Morgan fingerprint density at radius 3 is 2.46 bits per heavy atom. The quantitative estimate of drug-likeness (QED) is 0.422. The Morgan fingerprint density at radius 2 is 1.77 bits per heavy atom. The van der Waals surface area contributed by atoms with E-state index in [0.717, 1.165) is 6.54 Å². The molecule has 0 unspecified atom stereocenters. The van der Waals surface area contributed by atoms with Crippen LogP contribution in [0, 0.1) is 0 Å². The first-order chi connectivity index (χ1) is 6.41. The van der Waals surface area contributed by atoms with Crippen LogP contribution in [0.15, 0.2) is 0 Å². The molecule has 0 aliphatic rings. The van der Waals surface area contributed by atoms with Gasteiger partial charge in [0.15, 0.2) is 0 Å². The monoisotopic (exact) mass is 189 g/mol. The van der Waals surface area contributed by atoms with Gasteiger partial charge >= 0.3 is 0 Å². The Kier molecular flexibility index (Phi) is 11.8. The molecule has 0 saturated heterocycles. The summed E-state index contributed by atoms with van der Waals surface area (Å²) in [7, 11) is 1.67. The molecule has 0 amide bonds. The summed E-state index contributed by atoms with van der Waals surface area (Å²) in [5.41, 5.74) is 2.92. The van der Waals surface area contributed by atoms with Gasteiger partial charge in [0, 0.05) is 13.7 Å². The maximum absolute atomic E-state index is 5.11. The molecule has 3 heteroatoms. The van der Waals surface area contributed by atoms with Crippen molar-refractivity contribution in [2.75, 3.05) is 26.9 Å². The molecule has 1 N–H and O–H groups in total. The Hall–Kier alpha value is -0.120. The molecule has 0 aromatic carbocycles. The Labute approximate surface area is 81.8 Å². The summed E-state index contributed by atoms with van der Waals surface area (Å²) in [5, 5.41) is 0. The van der Waals surface area contributed by atoms with Crippen molar-refractivity contribution < 1.29 is 9.57 Å². The summed E-state index contributed by atoms with van der Waals surface area (Å²) >= 11 is 0. The van der Waals surface area contributed by atoms with Gasteiger partial charge in [0.2, 0.25) is 0 Å². The molecule has 3 nitrogen and oxygen atoms in total. The molecule has 0 aliphatic heterocycles. The number of hydroxylamine groups is 1. The van der Waals surface area contributed by atoms with E-state index >= 15 is 0 Å². The van der Waals surface area contributed by atoms with Crippen LogP contribution in [0.3, 0.4) is 0 Å². The van der Waals surface area contributed by atoms with Gasteiger partial charge in [-0.2, -0.15) is 0 Å². The maximum atomic E-state index is 5.11. The van der Waals surface area contributed by atoms with Crippen molar-refractivity contribution in [3.8, 4) is 0 Å². The van der Waals surface area contributed by atoms with E-state index in [9.17, 15) is 0 Å². The Balaban J connectivity index is 2.76. The van der Waals surface area contributed by atoms with Gasteiger partial charge in [0.1, 0.15) is 0 Å². The van der Waals surface area contributed by atoms with Gasteiger partial charge in [-0.25, -0.2) is 5.48 Å². The lowest BCUT2D eigenvalue weighted by atomic mass is 10.2. The van der Waals surface area contributed by atoms with Crippen LogP contribution in [-0.4, -0.2) is 26.9 Å². The molecule has 0 aliphatic carbocycles. The minimum atomic E-state index is 0.630. The lowest BCUT2D eigenvalue weighted by molar-refractivity contribution is 0.00644. The van der Waals surface area contributed by atoms with E-state index in [4.69, 9.17) is 9.57 Å². The molecule has 13 heavy (non-hydrogen) atoms. The number of nitrogens with one attached hydrogen (secondary N) is 1. The topological polar surface area (TPSA) is 30.5 Å². The zero-order valence-corrected chi connectivity index (χ0v) is 8.97. The molecular formula is C10H23NO2. The Bertz CT molecular complexity index is 79.0. The molecule has 0 rings (SSSR count). The zero-order chi connectivity index (χ0) is 9.78. The summed E-state index contributed by atoms with van der Waals surface area (Å²) in [4.78, 5) is 5.11. The molecule has 0 spiro atoms. The summed E-state index contributed by atoms with van der Waals surface area (Å²) in [6.07, 6.45) is 6.50. The molecule has 0 aromatic rings. The molecule has 0 fully saturated rings. The molecule has 0 aromatic heterocycles. The predicted octanol–water partition coefficient (Wildman–Crippen LogP) is 2.12. The third-order valence-electron chi connectivity index (χ3n) is 1.87. The highest BCUT2D eigenvalue weighted by Gasteiger charge is 1.89. The first-order valence-electron chi connectivity index (χ1n) is 5.25. The van der Waals surface area contributed by atoms with Gasteiger partial charge in [0.25, 0.3) is 0 Å². The molecule has 0 saturated carbocycles. The summed E-state index contributed by atoms with van der Waals surface area (Å²) < 4.78 is 4.84. The van der Waals surface area contributed by atoms with E-state index in [-0.39, 0.29) is 0 Å². The van der Waals surface area contributed by atoms with Crippen LogP contribution < -0.4 is 5.48 Å². The van der Waals surface area contributed by atoms with Crippen LogP contribution in [0.5, 0.6) is 0 Å². The highest BCUT2D eigenvalue weighted by Crippen LogP contribution is 2.00. The van der Waals surface area contributed by atoms with Crippen LogP contribution >= 0.6 is 0 Å². The van der Waals surface area contributed by atoms with Crippen molar-refractivity contribution in [1.29, 1.82) is 0 Å². The fraction of sp³-hybridized carbons (Fsp3) is 1.00. The van der Waals surface area contributed by atoms with Gasteiger partial charge < -0.3 is 4.74 Å². The third-order valence-corrected chi connectivity index (χ3v) is 1.87. The number of rotatable bonds is 10. The van der Waals surface area contributed by atoms with Crippen molar-refractivity contribution in [2.45, 2.75) is 39.0 Å². The smallest absolute Gasteiger partial charge is 0.0915 e. The first kappa shape index (κ1) is 12.9. The zero-order valence-electron chi connectivity index (χ0n) is 8.97. The normalized spacial score (nSPS) is 10.6. The van der Waals surface area contributed by atoms with Crippen LogP contribution in [0.2, 0.25) is 0 Å². The molecule has 0 heterocycles. The van der Waals surface area contributed by atoms with Gasteiger partial charge in [-0.05, 0) is 6.42 Å². The van der Waals surface area contributed by atoms with Gasteiger partial charge in [-0.3, -0.25) is 4.84 Å².